The molecule has 0 aliphatic carbocycles. The van der Waals surface area contributed by atoms with E-state index in [0.29, 0.717) is 17.1 Å². The SMILES string of the molecule is COc1cc([C@H]2Oc3c(OC)cc(/C=C/CO)cc3[C@@H]2CO)ccc1O[C@@H]1OC(CO)[C@@H](O)C(O)[C@@H]1O. The van der Waals surface area contributed by atoms with Crippen LogP contribution in [0.1, 0.15) is 28.7 Å². The van der Waals surface area contributed by atoms with E-state index in [-0.39, 0.29) is 24.7 Å². The maximum Gasteiger partial charge on any atom is 0.229 e. The Morgan fingerprint density at radius 2 is 1.62 bits per heavy atom. The largest absolute Gasteiger partial charge is 0.493 e. The summed E-state index contributed by atoms with van der Waals surface area (Å²) in [5, 5.41) is 59.1. The molecule has 4 rings (SSSR count). The minimum absolute atomic E-state index is 0.112. The zero-order valence-electron chi connectivity index (χ0n) is 20.4. The van der Waals surface area contributed by atoms with Crippen molar-refractivity contribution in [3.63, 3.8) is 0 Å². The van der Waals surface area contributed by atoms with Crippen LogP contribution in [0.3, 0.4) is 0 Å². The molecule has 1 fully saturated rings. The van der Waals surface area contributed by atoms with Gasteiger partial charge in [0.25, 0.3) is 0 Å². The molecule has 2 aliphatic heterocycles. The molecule has 0 aromatic heterocycles. The average molecular weight is 521 g/mol. The molecule has 0 amide bonds. The van der Waals surface area contributed by atoms with Crippen molar-refractivity contribution in [3.05, 3.63) is 53.1 Å². The highest BCUT2D eigenvalue weighted by Gasteiger charge is 2.45. The van der Waals surface area contributed by atoms with Gasteiger partial charge in [-0.2, -0.15) is 0 Å². The lowest BCUT2D eigenvalue weighted by atomic mass is 9.90. The summed E-state index contributed by atoms with van der Waals surface area (Å²) < 4.78 is 28.4. The lowest BCUT2D eigenvalue weighted by molar-refractivity contribution is -0.277. The Kier molecular flexibility index (Phi) is 8.55. The van der Waals surface area contributed by atoms with Crippen molar-refractivity contribution < 1.29 is 54.3 Å². The summed E-state index contributed by atoms with van der Waals surface area (Å²) in [7, 11) is 2.95. The first-order chi connectivity index (χ1) is 17.9. The van der Waals surface area contributed by atoms with Crippen LogP contribution < -0.4 is 18.9 Å². The summed E-state index contributed by atoms with van der Waals surface area (Å²) in [6.45, 7) is -0.900. The van der Waals surface area contributed by atoms with Crippen LogP contribution in [0.25, 0.3) is 6.08 Å². The topological polar surface area (TPSA) is 168 Å². The van der Waals surface area contributed by atoms with Crippen LogP contribution >= 0.6 is 0 Å². The smallest absolute Gasteiger partial charge is 0.229 e. The van der Waals surface area contributed by atoms with E-state index < -0.39 is 49.3 Å². The third-order valence-electron chi connectivity index (χ3n) is 6.56. The van der Waals surface area contributed by atoms with Crippen molar-refractivity contribution in [1.29, 1.82) is 0 Å². The van der Waals surface area contributed by atoms with Crippen LogP contribution in [-0.2, 0) is 4.74 Å². The second-order valence-corrected chi connectivity index (χ2v) is 8.78. The molecule has 2 unspecified atom stereocenters. The number of fused-ring (bicyclic) bond motifs is 1. The second kappa shape index (κ2) is 11.7. The molecule has 202 valence electrons. The normalized spacial score (nSPS) is 29.1. The highest BCUT2D eigenvalue weighted by atomic mass is 16.7. The first-order valence-corrected chi connectivity index (χ1v) is 11.8. The van der Waals surface area contributed by atoms with Crippen molar-refractivity contribution in [2.24, 2.45) is 0 Å². The molecule has 2 aliphatic rings. The van der Waals surface area contributed by atoms with Gasteiger partial charge in [0.1, 0.15) is 30.5 Å². The molecule has 0 bridgehead atoms. The first kappa shape index (κ1) is 27.1. The molecule has 6 N–H and O–H groups in total. The molecule has 2 heterocycles. The van der Waals surface area contributed by atoms with Gasteiger partial charge in [0.2, 0.25) is 6.29 Å². The predicted octanol–water partition coefficient (Wildman–Crippen LogP) is 0.0976. The van der Waals surface area contributed by atoms with Gasteiger partial charge in [0, 0.05) is 5.56 Å². The highest BCUT2D eigenvalue weighted by molar-refractivity contribution is 5.62. The third kappa shape index (κ3) is 5.25. The van der Waals surface area contributed by atoms with Crippen molar-refractivity contribution in [2.75, 3.05) is 34.0 Å². The summed E-state index contributed by atoms with van der Waals surface area (Å²) >= 11 is 0. The summed E-state index contributed by atoms with van der Waals surface area (Å²) in [6.07, 6.45) is -4.38. The highest BCUT2D eigenvalue weighted by Crippen LogP contribution is 2.51. The Hall–Kier alpha value is -2.90. The van der Waals surface area contributed by atoms with E-state index in [0.717, 1.165) is 11.1 Å². The Labute approximate surface area is 213 Å². The molecule has 0 saturated carbocycles. The summed E-state index contributed by atoms with van der Waals surface area (Å²) in [5.41, 5.74) is 2.21. The maximum absolute atomic E-state index is 10.3. The van der Waals surface area contributed by atoms with Crippen molar-refractivity contribution in [1.82, 2.24) is 0 Å². The summed E-state index contributed by atoms with van der Waals surface area (Å²) in [5.74, 6) is 1.03. The van der Waals surface area contributed by atoms with Crippen molar-refractivity contribution in [3.8, 4) is 23.0 Å². The average Bonchev–Trinajstić information content (AvgIpc) is 3.30. The van der Waals surface area contributed by atoms with E-state index in [1.54, 1.807) is 36.4 Å². The van der Waals surface area contributed by atoms with Gasteiger partial charge in [-0.15, -0.1) is 0 Å². The van der Waals surface area contributed by atoms with Gasteiger partial charge < -0.3 is 54.3 Å². The molecule has 2 aromatic carbocycles. The van der Waals surface area contributed by atoms with Crippen LogP contribution in [0.4, 0.5) is 0 Å². The van der Waals surface area contributed by atoms with Gasteiger partial charge >= 0.3 is 0 Å². The zero-order chi connectivity index (χ0) is 26.7. The van der Waals surface area contributed by atoms with E-state index in [2.05, 4.69) is 0 Å². The molecule has 37 heavy (non-hydrogen) atoms. The fraction of sp³-hybridized carbons (Fsp3) is 0.462. The van der Waals surface area contributed by atoms with Crippen LogP contribution in [0.2, 0.25) is 0 Å². The van der Waals surface area contributed by atoms with E-state index in [9.17, 15) is 25.5 Å². The first-order valence-electron chi connectivity index (χ1n) is 11.8. The molecule has 2 aromatic rings. The van der Waals surface area contributed by atoms with Crippen molar-refractivity contribution >= 4 is 6.08 Å². The number of methoxy groups -OCH3 is 2. The van der Waals surface area contributed by atoms with Gasteiger partial charge in [0.15, 0.2) is 23.0 Å². The van der Waals surface area contributed by atoms with E-state index in [1.807, 2.05) is 6.07 Å². The summed E-state index contributed by atoms with van der Waals surface area (Å²) in [4.78, 5) is 0. The molecule has 0 radical (unpaired) electrons. The second-order valence-electron chi connectivity index (χ2n) is 8.78. The van der Waals surface area contributed by atoms with Gasteiger partial charge in [-0.1, -0.05) is 18.2 Å². The van der Waals surface area contributed by atoms with Crippen LogP contribution in [0, 0.1) is 0 Å². The molecular weight excluding hydrogens is 488 g/mol. The van der Waals surface area contributed by atoms with Crippen LogP contribution in [0.5, 0.6) is 23.0 Å². The number of hydrogen-bond acceptors (Lipinski definition) is 11. The van der Waals surface area contributed by atoms with E-state index >= 15 is 0 Å². The Bertz CT molecular complexity index is 1100. The predicted molar refractivity (Wildman–Crippen MR) is 130 cm³/mol. The summed E-state index contributed by atoms with van der Waals surface area (Å²) in [6, 6.07) is 8.60. The lowest BCUT2D eigenvalue weighted by Crippen LogP contribution is -2.60. The zero-order valence-corrected chi connectivity index (χ0v) is 20.4. The number of aliphatic hydroxyl groups excluding tert-OH is 6. The van der Waals surface area contributed by atoms with Gasteiger partial charge in [-0.3, -0.25) is 0 Å². The third-order valence-corrected chi connectivity index (χ3v) is 6.56. The molecular formula is C26H32O11. The fourth-order valence-electron chi connectivity index (χ4n) is 4.60. The van der Waals surface area contributed by atoms with E-state index in [1.165, 1.54) is 14.2 Å². The molecule has 11 nitrogen and oxygen atoms in total. The van der Waals surface area contributed by atoms with Gasteiger partial charge in [-0.25, -0.2) is 0 Å². The molecule has 7 atom stereocenters. The number of hydrogen-bond donors (Lipinski definition) is 6. The van der Waals surface area contributed by atoms with Crippen LogP contribution in [0.15, 0.2) is 36.4 Å². The van der Waals surface area contributed by atoms with Crippen LogP contribution in [-0.4, -0.2) is 95.4 Å². The van der Waals surface area contributed by atoms with Gasteiger partial charge in [-0.05, 0) is 35.4 Å². The Morgan fingerprint density at radius 3 is 2.27 bits per heavy atom. The number of aliphatic hydroxyl groups is 6. The number of ether oxygens (including phenoxy) is 5. The number of benzene rings is 2. The molecule has 0 spiro atoms. The Morgan fingerprint density at radius 1 is 0.865 bits per heavy atom. The van der Waals surface area contributed by atoms with Crippen molar-refractivity contribution in [2.45, 2.75) is 42.7 Å². The van der Waals surface area contributed by atoms with E-state index in [4.69, 9.17) is 28.8 Å². The lowest BCUT2D eigenvalue weighted by Gasteiger charge is -2.39. The molecule has 11 heteroatoms. The number of rotatable bonds is 9. The minimum atomic E-state index is -1.58. The standard InChI is InChI=1S/C26H32O11/c1-33-18-10-14(5-6-17(18)35-26-23(32)22(31)21(30)20(12-29)36-26)24-16(11-28)15-8-13(4-3-7-27)9-19(34-2)25(15)37-24/h3-6,8-10,16,20-24,26-32H,7,11-12H2,1-2H3/b4-3+/t16-,20?,21+,22?,23-,24+,26+/m0/s1. The minimum Gasteiger partial charge on any atom is -0.493 e. The maximum atomic E-state index is 10.3. The quantitative estimate of drug-likeness (QED) is 0.265. The molecule has 1 saturated heterocycles. The Balaban J connectivity index is 1.61. The monoisotopic (exact) mass is 520 g/mol. The van der Waals surface area contributed by atoms with Gasteiger partial charge in [0.05, 0.1) is 40.0 Å². The fourth-order valence-corrected chi connectivity index (χ4v) is 4.60.